The Bertz CT molecular complexity index is 772. The lowest BCUT2D eigenvalue weighted by atomic mass is 9.93. The van der Waals surface area contributed by atoms with Gasteiger partial charge in [-0.2, -0.15) is 0 Å². The van der Waals surface area contributed by atoms with E-state index in [0.29, 0.717) is 0 Å². The predicted molar refractivity (Wildman–Crippen MR) is 98.4 cm³/mol. The average Bonchev–Trinajstić information content (AvgIpc) is 2.54. The summed E-state index contributed by atoms with van der Waals surface area (Å²) in [5.74, 6) is -0.669. The van der Waals surface area contributed by atoms with Gasteiger partial charge in [0.05, 0.1) is 13.5 Å². The van der Waals surface area contributed by atoms with Crippen molar-refractivity contribution in [2.45, 2.75) is 40.2 Å². The van der Waals surface area contributed by atoms with Crippen molar-refractivity contribution in [1.29, 1.82) is 0 Å². The van der Waals surface area contributed by atoms with Crippen LogP contribution in [-0.4, -0.2) is 19.0 Å². The van der Waals surface area contributed by atoms with Gasteiger partial charge in [0.25, 0.3) is 0 Å². The van der Waals surface area contributed by atoms with Gasteiger partial charge in [-0.15, -0.1) is 0 Å². The Morgan fingerprint density at radius 2 is 1.60 bits per heavy atom. The second kappa shape index (κ2) is 7.97. The number of carbonyl (C=O) groups excluding carboxylic acids is 2. The lowest BCUT2D eigenvalue weighted by molar-refractivity contribution is -0.145. The fourth-order valence-corrected chi connectivity index (χ4v) is 3.21. The third kappa shape index (κ3) is 4.47. The van der Waals surface area contributed by atoms with Gasteiger partial charge in [-0.1, -0.05) is 42.0 Å². The quantitative estimate of drug-likeness (QED) is 0.848. The van der Waals surface area contributed by atoms with E-state index in [4.69, 9.17) is 4.74 Å². The van der Waals surface area contributed by atoms with Crippen LogP contribution in [0.1, 0.15) is 39.4 Å². The largest absolute Gasteiger partial charge is 0.467 e. The molecule has 0 aliphatic carbocycles. The van der Waals surface area contributed by atoms with Gasteiger partial charge in [-0.3, -0.25) is 4.79 Å². The summed E-state index contributed by atoms with van der Waals surface area (Å²) in [4.78, 5) is 24.9. The highest BCUT2D eigenvalue weighted by Gasteiger charge is 2.27. The first-order valence-corrected chi connectivity index (χ1v) is 8.33. The Kier molecular flexibility index (Phi) is 5.97. The van der Waals surface area contributed by atoms with Gasteiger partial charge in [-0.25, -0.2) is 4.79 Å². The highest BCUT2D eigenvalue weighted by atomic mass is 16.5. The van der Waals surface area contributed by atoms with Crippen LogP contribution in [0, 0.1) is 27.7 Å². The lowest BCUT2D eigenvalue weighted by Crippen LogP contribution is -2.36. The number of rotatable bonds is 5. The Morgan fingerprint density at radius 3 is 2.16 bits per heavy atom. The van der Waals surface area contributed by atoms with Crippen LogP contribution in [0.3, 0.4) is 0 Å². The molecule has 25 heavy (non-hydrogen) atoms. The number of ether oxygens (including phenoxy) is 1. The number of methoxy groups -OCH3 is 1. The van der Waals surface area contributed by atoms with Crippen molar-refractivity contribution in [3.8, 4) is 0 Å². The molecule has 0 saturated heterocycles. The minimum Gasteiger partial charge on any atom is -0.467 e. The number of amides is 1. The maximum Gasteiger partial charge on any atom is 0.333 e. The molecule has 2 rings (SSSR count). The average molecular weight is 339 g/mol. The summed E-state index contributed by atoms with van der Waals surface area (Å²) in [6.45, 7) is 7.86. The Hall–Kier alpha value is -2.62. The number of aryl methyl sites for hydroxylation is 4. The summed E-state index contributed by atoms with van der Waals surface area (Å²) in [7, 11) is 1.34. The topological polar surface area (TPSA) is 55.4 Å². The number of hydrogen-bond acceptors (Lipinski definition) is 3. The highest BCUT2D eigenvalue weighted by molar-refractivity contribution is 5.87. The number of benzene rings is 2. The molecule has 0 bridgehead atoms. The van der Waals surface area contributed by atoms with Crippen molar-refractivity contribution >= 4 is 11.9 Å². The molecule has 0 radical (unpaired) electrons. The zero-order valence-electron chi connectivity index (χ0n) is 15.5. The van der Waals surface area contributed by atoms with Crippen LogP contribution in [0.25, 0.3) is 0 Å². The smallest absolute Gasteiger partial charge is 0.333 e. The van der Waals surface area contributed by atoms with Gasteiger partial charge in [0.2, 0.25) is 5.91 Å². The van der Waals surface area contributed by atoms with E-state index in [0.717, 1.165) is 33.4 Å². The number of carbonyl (C=O) groups is 2. The van der Waals surface area contributed by atoms with Gasteiger partial charge >= 0.3 is 5.97 Å². The van der Waals surface area contributed by atoms with E-state index in [1.165, 1.54) is 7.11 Å². The zero-order valence-corrected chi connectivity index (χ0v) is 15.5. The molecular formula is C21H25NO3. The van der Waals surface area contributed by atoms with Crippen LogP contribution in [0.15, 0.2) is 36.4 Å². The molecule has 0 aliphatic rings. The van der Waals surface area contributed by atoms with Crippen LogP contribution in [-0.2, 0) is 20.7 Å². The van der Waals surface area contributed by atoms with Crippen LogP contribution < -0.4 is 5.32 Å². The van der Waals surface area contributed by atoms with E-state index >= 15 is 0 Å². The van der Waals surface area contributed by atoms with Crippen molar-refractivity contribution in [1.82, 2.24) is 5.32 Å². The van der Waals surface area contributed by atoms with E-state index in [1.807, 2.05) is 64.1 Å². The molecule has 1 amide bonds. The van der Waals surface area contributed by atoms with Gasteiger partial charge in [0.1, 0.15) is 0 Å². The molecule has 4 nitrogen and oxygen atoms in total. The minimum absolute atomic E-state index is 0.205. The second-order valence-electron chi connectivity index (χ2n) is 6.44. The van der Waals surface area contributed by atoms with E-state index in [-0.39, 0.29) is 12.3 Å². The van der Waals surface area contributed by atoms with Gasteiger partial charge < -0.3 is 10.1 Å². The van der Waals surface area contributed by atoms with E-state index in [9.17, 15) is 9.59 Å². The molecule has 0 aromatic heterocycles. The van der Waals surface area contributed by atoms with E-state index in [2.05, 4.69) is 5.32 Å². The Morgan fingerprint density at radius 1 is 1.00 bits per heavy atom. The minimum atomic E-state index is -0.804. The molecule has 1 atom stereocenters. The number of hydrogen-bond donors (Lipinski definition) is 1. The molecule has 0 saturated carbocycles. The molecular weight excluding hydrogens is 314 g/mol. The normalized spacial score (nSPS) is 11.7. The fraction of sp³-hybridized carbons (Fsp3) is 0.333. The van der Waals surface area contributed by atoms with Crippen molar-refractivity contribution in [3.63, 3.8) is 0 Å². The first-order valence-electron chi connectivity index (χ1n) is 8.33. The molecule has 132 valence electrons. The summed E-state index contributed by atoms with van der Waals surface area (Å²) < 4.78 is 4.93. The van der Waals surface area contributed by atoms with Gasteiger partial charge in [0, 0.05) is 0 Å². The van der Waals surface area contributed by atoms with Crippen LogP contribution in [0.5, 0.6) is 0 Å². The second-order valence-corrected chi connectivity index (χ2v) is 6.44. The first kappa shape index (κ1) is 18.7. The molecule has 0 unspecified atom stereocenters. The Labute approximate surface area is 149 Å². The number of esters is 1. The molecule has 1 N–H and O–H groups in total. The van der Waals surface area contributed by atoms with Crippen LogP contribution >= 0.6 is 0 Å². The van der Waals surface area contributed by atoms with Crippen molar-refractivity contribution in [2.24, 2.45) is 0 Å². The molecule has 0 fully saturated rings. The molecule has 4 heteroatoms. The van der Waals surface area contributed by atoms with Crippen molar-refractivity contribution < 1.29 is 14.3 Å². The highest BCUT2D eigenvalue weighted by Crippen LogP contribution is 2.25. The molecule has 2 aromatic carbocycles. The standard InChI is InChI=1S/C21H25NO3/c1-13-10-15(3)19(16(4)11-13)20(21(24)25-5)22-18(23)12-17-9-7-6-8-14(17)2/h6-11,20H,12H2,1-5H3,(H,22,23)/t20-/m0/s1. The maximum atomic E-state index is 12.5. The fourth-order valence-electron chi connectivity index (χ4n) is 3.21. The predicted octanol–water partition coefficient (Wildman–Crippen LogP) is 3.49. The Balaban J connectivity index is 2.29. The van der Waals surface area contributed by atoms with Crippen molar-refractivity contribution in [3.05, 3.63) is 69.8 Å². The van der Waals surface area contributed by atoms with Gasteiger partial charge in [0.15, 0.2) is 6.04 Å². The SMILES string of the molecule is COC(=O)[C@@H](NC(=O)Cc1ccccc1C)c1c(C)cc(C)cc1C. The zero-order chi connectivity index (χ0) is 18.6. The number of nitrogens with one attached hydrogen (secondary N) is 1. The van der Waals surface area contributed by atoms with E-state index < -0.39 is 12.0 Å². The third-order valence-corrected chi connectivity index (χ3v) is 4.38. The van der Waals surface area contributed by atoms with Crippen molar-refractivity contribution in [2.75, 3.05) is 7.11 Å². The monoisotopic (exact) mass is 339 g/mol. The lowest BCUT2D eigenvalue weighted by Gasteiger charge is -2.21. The summed E-state index contributed by atoms with van der Waals surface area (Å²) in [6, 6.07) is 10.9. The molecule has 2 aromatic rings. The van der Waals surface area contributed by atoms with Crippen LogP contribution in [0.2, 0.25) is 0 Å². The first-order chi connectivity index (χ1) is 11.8. The molecule has 0 heterocycles. The summed E-state index contributed by atoms with van der Waals surface area (Å²) in [5, 5.41) is 2.85. The summed E-state index contributed by atoms with van der Waals surface area (Å²) in [5.41, 5.74) is 5.84. The maximum absolute atomic E-state index is 12.5. The van der Waals surface area contributed by atoms with Gasteiger partial charge in [-0.05, 0) is 55.5 Å². The molecule has 0 spiro atoms. The van der Waals surface area contributed by atoms with Crippen LogP contribution in [0.4, 0.5) is 0 Å². The molecule has 0 aliphatic heterocycles. The van der Waals surface area contributed by atoms with E-state index in [1.54, 1.807) is 0 Å². The third-order valence-electron chi connectivity index (χ3n) is 4.38. The summed E-state index contributed by atoms with van der Waals surface area (Å²) in [6.07, 6.45) is 0.226. The summed E-state index contributed by atoms with van der Waals surface area (Å²) >= 11 is 0.